The Morgan fingerprint density at radius 1 is 1.42 bits per heavy atom. The van der Waals surface area contributed by atoms with Gasteiger partial charge in [-0.2, -0.15) is 5.10 Å². The van der Waals surface area contributed by atoms with Gasteiger partial charge in [-0.3, -0.25) is 4.68 Å². The SMILES string of the molecule is Cn1ccc(N2CC=CCC2)n1. The quantitative estimate of drug-likeness (QED) is 0.580. The summed E-state index contributed by atoms with van der Waals surface area (Å²) in [4.78, 5) is 2.28. The normalized spacial score (nSPS) is 16.9. The summed E-state index contributed by atoms with van der Waals surface area (Å²) in [5.74, 6) is 1.09. The van der Waals surface area contributed by atoms with Crippen LogP contribution < -0.4 is 4.90 Å². The van der Waals surface area contributed by atoms with E-state index in [0.29, 0.717) is 0 Å². The molecule has 3 nitrogen and oxygen atoms in total. The fourth-order valence-corrected chi connectivity index (χ4v) is 1.42. The molecule has 64 valence electrons. The van der Waals surface area contributed by atoms with Crippen molar-refractivity contribution in [2.24, 2.45) is 7.05 Å². The highest BCUT2D eigenvalue weighted by Gasteiger charge is 2.08. The Labute approximate surface area is 72.3 Å². The smallest absolute Gasteiger partial charge is 0.150 e. The predicted octanol–water partition coefficient (Wildman–Crippen LogP) is 1.19. The van der Waals surface area contributed by atoms with Gasteiger partial charge in [0.25, 0.3) is 0 Å². The molecule has 0 unspecified atom stereocenters. The van der Waals surface area contributed by atoms with Crippen molar-refractivity contribution in [1.82, 2.24) is 9.78 Å². The molecule has 1 aromatic rings. The van der Waals surface area contributed by atoms with Gasteiger partial charge in [-0.1, -0.05) is 12.2 Å². The summed E-state index contributed by atoms with van der Waals surface area (Å²) in [6.07, 6.45) is 7.53. The van der Waals surface area contributed by atoms with E-state index in [1.54, 1.807) is 0 Å². The monoisotopic (exact) mass is 163 g/mol. The van der Waals surface area contributed by atoms with Gasteiger partial charge >= 0.3 is 0 Å². The third kappa shape index (κ3) is 1.35. The van der Waals surface area contributed by atoms with Crippen molar-refractivity contribution in [1.29, 1.82) is 0 Å². The lowest BCUT2D eigenvalue weighted by Gasteiger charge is -2.22. The Kier molecular flexibility index (Phi) is 1.86. The molecule has 0 aliphatic carbocycles. The summed E-state index contributed by atoms with van der Waals surface area (Å²) in [5, 5.41) is 4.34. The zero-order valence-electron chi connectivity index (χ0n) is 7.27. The summed E-state index contributed by atoms with van der Waals surface area (Å²) >= 11 is 0. The van der Waals surface area contributed by atoms with Crippen molar-refractivity contribution in [2.75, 3.05) is 18.0 Å². The van der Waals surface area contributed by atoms with E-state index in [4.69, 9.17) is 0 Å². The molecule has 0 spiro atoms. The highest BCUT2D eigenvalue weighted by atomic mass is 15.3. The lowest BCUT2D eigenvalue weighted by molar-refractivity contribution is 0.736. The third-order valence-corrected chi connectivity index (χ3v) is 2.08. The average molecular weight is 163 g/mol. The predicted molar refractivity (Wildman–Crippen MR) is 49.2 cm³/mol. The number of rotatable bonds is 1. The number of nitrogens with zero attached hydrogens (tertiary/aromatic N) is 3. The summed E-state index contributed by atoms with van der Waals surface area (Å²) < 4.78 is 1.84. The number of hydrogen-bond donors (Lipinski definition) is 0. The van der Waals surface area contributed by atoms with Gasteiger partial charge in [0.05, 0.1) is 0 Å². The van der Waals surface area contributed by atoms with E-state index >= 15 is 0 Å². The number of aryl methyl sites for hydroxylation is 1. The molecule has 0 saturated carbocycles. The van der Waals surface area contributed by atoms with Crippen LogP contribution in [0.5, 0.6) is 0 Å². The summed E-state index contributed by atoms with van der Waals surface area (Å²) in [6, 6.07) is 2.05. The maximum Gasteiger partial charge on any atom is 0.150 e. The molecule has 0 saturated heterocycles. The maximum atomic E-state index is 4.34. The first-order valence-electron chi connectivity index (χ1n) is 4.26. The van der Waals surface area contributed by atoms with Gasteiger partial charge in [0.2, 0.25) is 0 Å². The number of anilines is 1. The Balaban J connectivity index is 2.14. The van der Waals surface area contributed by atoms with Gasteiger partial charge in [0.1, 0.15) is 0 Å². The topological polar surface area (TPSA) is 21.1 Å². The summed E-state index contributed by atoms with van der Waals surface area (Å²) in [7, 11) is 1.95. The first-order chi connectivity index (χ1) is 5.86. The molecule has 1 aromatic heterocycles. The molecule has 2 heterocycles. The van der Waals surface area contributed by atoms with Crippen molar-refractivity contribution in [3.63, 3.8) is 0 Å². The second-order valence-corrected chi connectivity index (χ2v) is 3.05. The van der Waals surface area contributed by atoms with Crippen LogP contribution in [0.1, 0.15) is 6.42 Å². The highest BCUT2D eigenvalue weighted by Crippen LogP contribution is 2.12. The second kappa shape index (κ2) is 3.01. The van der Waals surface area contributed by atoms with Crippen molar-refractivity contribution < 1.29 is 0 Å². The number of aromatic nitrogens is 2. The molecule has 0 radical (unpaired) electrons. The standard InChI is InChI=1S/C9H13N3/c1-11-8-5-9(10-11)12-6-3-2-4-7-12/h2-3,5,8H,4,6-7H2,1H3. The molecule has 0 N–H and O–H groups in total. The Morgan fingerprint density at radius 2 is 2.33 bits per heavy atom. The van der Waals surface area contributed by atoms with Crippen LogP contribution >= 0.6 is 0 Å². The molecular weight excluding hydrogens is 150 g/mol. The van der Waals surface area contributed by atoms with Gasteiger partial charge in [-0.05, 0) is 6.42 Å². The van der Waals surface area contributed by atoms with E-state index in [1.165, 1.54) is 0 Å². The van der Waals surface area contributed by atoms with E-state index in [0.717, 1.165) is 25.3 Å². The Morgan fingerprint density at radius 3 is 2.92 bits per heavy atom. The van der Waals surface area contributed by atoms with Crippen LogP contribution in [-0.4, -0.2) is 22.9 Å². The summed E-state index contributed by atoms with van der Waals surface area (Å²) in [5.41, 5.74) is 0. The molecule has 12 heavy (non-hydrogen) atoms. The molecular formula is C9H13N3. The van der Waals surface area contributed by atoms with Crippen LogP contribution in [0.25, 0.3) is 0 Å². The fraction of sp³-hybridized carbons (Fsp3) is 0.444. The van der Waals surface area contributed by atoms with Crippen LogP contribution in [0.15, 0.2) is 24.4 Å². The van der Waals surface area contributed by atoms with E-state index in [2.05, 4.69) is 28.2 Å². The molecule has 1 aliphatic heterocycles. The molecule has 3 heteroatoms. The maximum absolute atomic E-state index is 4.34. The minimum absolute atomic E-state index is 0.997. The van der Waals surface area contributed by atoms with Gasteiger partial charge in [0.15, 0.2) is 5.82 Å². The zero-order chi connectivity index (χ0) is 8.39. The van der Waals surface area contributed by atoms with Crippen LogP contribution in [0.2, 0.25) is 0 Å². The second-order valence-electron chi connectivity index (χ2n) is 3.05. The van der Waals surface area contributed by atoms with Crippen LogP contribution in [-0.2, 0) is 7.05 Å². The zero-order valence-corrected chi connectivity index (χ0v) is 7.27. The molecule has 0 fully saturated rings. The lowest BCUT2D eigenvalue weighted by Crippen LogP contribution is -2.27. The van der Waals surface area contributed by atoms with E-state index in [-0.39, 0.29) is 0 Å². The Bertz CT molecular complexity index is 288. The number of hydrogen-bond acceptors (Lipinski definition) is 2. The first-order valence-corrected chi connectivity index (χ1v) is 4.26. The van der Waals surface area contributed by atoms with Gasteiger partial charge in [-0.25, -0.2) is 0 Å². The van der Waals surface area contributed by atoms with Gasteiger partial charge in [0, 0.05) is 32.4 Å². The minimum Gasteiger partial charge on any atom is -0.351 e. The Hall–Kier alpha value is -1.25. The van der Waals surface area contributed by atoms with E-state index in [9.17, 15) is 0 Å². The van der Waals surface area contributed by atoms with Crippen molar-refractivity contribution in [3.8, 4) is 0 Å². The molecule has 0 bridgehead atoms. The molecule has 0 atom stereocenters. The molecule has 1 aliphatic rings. The highest BCUT2D eigenvalue weighted by molar-refractivity contribution is 5.38. The van der Waals surface area contributed by atoms with Crippen molar-refractivity contribution in [3.05, 3.63) is 24.4 Å². The third-order valence-electron chi connectivity index (χ3n) is 2.08. The van der Waals surface area contributed by atoms with Gasteiger partial charge < -0.3 is 4.90 Å². The van der Waals surface area contributed by atoms with Crippen LogP contribution in [0.4, 0.5) is 5.82 Å². The van der Waals surface area contributed by atoms with Crippen molar-refractivity contribution >= 4 is 5.82 Å². The first kappa shape index (κ1) is 7.40. The fourth-order valence-electron chi connectivity index (χ4n) is 1.42. The van der Waals surface area contributed by atoms with Crippen LogP contribution in [0.3, 0.4) is 0 Å². The lowest BCUT2D eigenvalue weighted by atomic mass is 10.2. The van der Waals surface area contributed by atoms with E-state index in [1.807, 2.05) is 17.9 Å². The molecule has 2 rings (SSSR count). The average Bonchev–Trinajstić information content (AvgIpc) is 2.54. The van der Waals surface area contributed by atoms with Gasteiger partial charge in [-0.15, -0.1) is 0 Å². The van der Waals surface area contributed by atoms with Crippen LogP contribution in [0, 0.1) is 0 Å². The summed E-state index contributed by atoms with van der Waals surface area (Å²) in [6.45, 7) is 2.09. The molecule has 0 aromatic carbocycles. The largest absolute Gasteiger partial charge is 0.351 e. The minimum atomic E-state index is 0.997. The van der Waals surface area contributed by atoms with E-state index < -0.39 is 0 Å². The van der Waals surface area contributed by atoms with Crippen molar-refractivity contribution in [2.45, 2.75) is 6.42 Å². The molecule has 0 amide bonds.